The van der Waals surface area contributed by atoms with Crippen molar-refractivity contribution in [2.75, 3.05) is 5.75 Å². The van der Waals surface area contributed by atoms with E-state index in [4.69, 9.17) is 4.42 Å². The summed E-state index contributed by atoms with van der Waals surface area (Å²) in [7, 11) is 0. The molecule has 1 amide bonds. The van der Waals surface area contributed by atoms with Gasteiger partial charge in [-0.1, -0.05) is 39.5 Å². The second-order valence-electron chi connectivity index (χ2n) is 6.68. The molecule has 2 aromatic rings. The fraction of sp³-hybridized carbons (Fsp3) is 0.588. The number of rotatable bonds is 8. The number of thioether (sulfide) groups is 1. The summed E-state index contributed by atoms with van der Waals surface area (Å²) < 4.78 is 7.47. The van der Waals surface area contributed by atoms with Crippen molar-refractivity contribution < 1.29 is 9.21 Å². The molecule has 2 heterocycles. The lowest BCUT2D eigenvalue weighted by Crippen LogP contribution is -2.37. The fourth-order valence-electron chi connectivity index (χ4n) is 2.11. The Labute approximate surface area is 147 Å². The molecule has 2 rings (SSSR count). The quantitative estimate of drug-likeness (QED) is 0.738. The third-order valence-corrected chi connectivity index (χ3v) is 4.69. The number of hydrogen-bond donors (Lipinski definition) is 1. The Morgan fingerprint density at radius 1 is 1.29 bits per heavy atom. The molecule has 6 nitrogen and oxygen atoms in total. The summed E-state index contributed by atoms with van der Waals surface area (Å²) in [5.41, 5.74) is 0. The minimum absolute atomic E-state index is 0.0137. The number of aromatic nitrogens is 3. The Kier molecular flexibility index (Phi) is 6.48. The van der Waals surface area contributed by atoms with E-state index in [1.165, 1.54) is 11.8 Å². The summed E-state index contributed by atoms with van der Waals surface area (Å²) in [6.45, 7) is 11.2. The number of carbonyl (C=O) groups excluding carboxylic acids is 1. The Hall–Kier alpha value is -1.76. The Bertz CT molecular complexity index is 650. The number of nitrogens with zero attached hydrogens (tertiary/aromatic N) is 3. The van der Waals surface area contributed by atoms with Gasteiger partial charge in [-0.05, 0) is 30.9 Å². The van der Waals surface area contributed by atoms with Crippen LogP contribution in [-0.2, 0) is 11.3 Å². The van der Waals surface area contributed by atoms with Crippen molar-refractivity contribution in [3.05, 3.63) is 18.4 Å². The summed E-state index contributed by atoms with van der Waals surface area (Å²) in [5.74, 6) is 2.57. The zero-order valence-corrected chi connectivity index (χ0v) is 15.8. The van der Waals surface area contributed by atoms with Gasteiger partial charge >= 0.3 is 0 Å². The normalized spacial score (nSPS) is 12.8. The van der Waals surface area contributed by atoms with Gasteiger partial charge in [0.15, 0.2) is 16.7 Å². The summed E-state index contributed by atoms with van der Waals surface area (Å²) in [6, 6.07) is 3.86. The van der Waals surface area contributed by atoms with Crippen molar-refractivity contribution in [1.82, 2.24) is 20.1 Å². The van der Waals surface area contributed by atoms with Crippen molar-refractivity contribution in [2.24, 2.45) is 11.8 Å². The number of nitrogens with one attached hydrogen (secondary N) is 1. The molecule has 0 aliphatic rings. The van der Waals surface area contributed by atoms with Crippen LogP contribution in [0.25, 0.3) is 11.6 Å². The average Bonchev–Trinajstić information content (AvgIpc) is 3.14. The molecule has 132 valence electrons. The van der Waals surface area contributed by atoms with Gasteiger partial charge in [0, 0.05) is 12.6 Å². The van der Waals surface area contributed by atoms with E-state index in [-0.39, 0.29) is 11.9 Å². The monoisotopic (exact) mass is 350 g/mol. The Morgan fingerprint density at radius 2 is 2.04 bits per heavy atom. The zero-order chi connectivity index (χ0) is 17.7. The number of amides is 1. The molecular weight excluding hydrogens is 324 g/mol. The van der Waals surface area contributed by atoms with E-state index in [0.29, 0.717) is 29.2 Å². The molecule has 7 heteroatoms. The fourth-order valence-corrected chi connectivity index (χ4v) is 2.86. The molecule has 0 aromatic carbocycles. The van der Waals surface area contributed by atoms with Crippen LogP contribution in [-0.4, -0.2) is 32.5 Å². The molecule has 0 fully saturated rings. The van der Waals surface area contributed by atoms with E-state index in [1.807, 2.05) is 23.6 Å². The van der Waals surface area contributed by atoms with Gasteiger partial charge in [0.05, 0.1) is 12.0 Å². The smallest absolute Gasteiger partial charge is 0.230 e. The van der Waals surface area contributed by atoms with Crippen LogP contribution in [0.4, 0.5) is 0 Å². The van der Waals surface area contributed by atoms with Crippen molar-refractivity contribution in [1.29, 1.82) is 0 Å². The van der Waals surface area contributed by atoms with E-state index in [9.17, 15) is 4.79 Å². The SMILES string of the molecule is CC(C)Cn1c(SCC(=O)NC(C)C(C)C)nnc1-c1ccco1. The van der Waals surface area contributed by atoms with Crippen LogP contribution < -0.4 is 5.32 Å². The van der Waals surface area contributed by atoms with E-state index < -0.39 is 0 Å². The maximum atomic E-state index is 12.1. The van der Waals surface area contributed by atoms with Gasteiger partial charge in [0.1, 0.15) is 0 Å². The third kappa shape index (κ3) is 4.87. The lowest BCUT2D eigenvalue weighted by Gasteiger charge is -2.17. The first-order chi connectivity index (χ1) is 11.4. The van der Waals surface area contributed by atoms with Crippen molar-refractivity contribution in [2.45, 2.75) is 52.4 Å². The van der Waals surface area contributed by atoms with Gasteiger partial charge in [-0.15, -0.1) is 10.2 Å². The number of furan rings is 1. The lowest BCUT2D eigenvalue weighted by molar-refractivity contribution is -0.119. The maximum absolute atomic E-state index is 12.1. The number of carbonyl (C=O) groups is 1. The minimum atomic E-state index is 0.0137. The summed E-state index contributed by atoms with van der Waals surface area (Å²) in [4.78, 5) is 12.1. The molecular formula is C17H26N4O2S. The van der Waals surface area contributed by atoms with E-state index >= 15 is 0 Å². The molecule has 0 radical (unpaired) electrons. The van der Waals surface area contributed by atoms with Crippen LogP contribution in [0.1, 0.15) is 34.6 Å². The average molecular weight is 350 g/mol. The van der Waals surface area contributed by atoms with Crippen molar-refractivity contribution in [3.63, 3.8) is 0 Å². The minimum Gasteiger partial charge on any atom is -0.461 e. The van der Waals surface area contributed by atoms with Crippen LogP contribution in [0.5, 0.6) is 0 Å². The van der Waals surface area contributed by atoms with Gasteiger partial charge in [-0.2, -0.15) is 0 Å². The van der Waals surface area contributed by atoms with E-state index in [1.54, 1.807) is 6.26 Å². The molecule has 0 saturated carbocycles. The van der Waals surface area contributed by atoms with Crippen LogP contribution in [0, 0.1) is 11.8 Å². The summed E-state index contributed by atoms with van der Waals surface area (Å²) >= 11 is 1.40. The van der Waals surface area contributed by atoms with Gasteiger partial charge in [-0.3, -0.25) is 9.36 Å². The third-order valence-electron chi connectivity index (χ3n) is 3.73. The van der Waals surface area contributed by atoms with Crippen LogP contribution in [0.15, 0.2) is 28.0 Å². The molecule has 1 N–H and O–H groups in total. The highest BCUT2D eigenvalue weighted by atomic mass is 32.2. The standard InChI is InChI=1S/C17H26N4O2S/c1-11(2)9-21-16(14-7-6-8-23-14)19-20-17(21)24-10-15(22)18-13(5)12(3)4/h6-8,11-13H,9-10H2,1-5H3,(H,18,22). The first kappa shape index (κ1) is 18.6. The predicted octanol–water partition coefficient (Wildman–Crippen LogP) is 3.45. The summed E-state index contributed by atoms with van der Waals surface area (Å²) in [5, 5.41) is 12.2. The molecule has 0 spiro atoms. The largest absolute Gasteiger partial charge is 0.461 e. The highest BCUT2D eigenvalue weighted by Gasteiger charge is 2.18. The second-order valence-corrected chi connectivity index (χ2v) is 7.62. The zero-order valence-electron chi connectivity index (χ0n) is 14.9. The van der Waals surface area contributed by atoms with Gasteiger partial charge in [0.2, 0.25) is 5.91 Å². The molecule has 0 aliphatic heterocycles. The predicted molar refractivity (Wildman–Crippen MR) is 95.7 cm³/mol. The van der Waals surface area contributed by atoms with Gasteiger partial charge < -0.3 is 9.73 Å². The van der Waals surface area contributed by atoms with Crippen molar-refractivity contribution in [3.8, 4) is 11.6 Å². The molecule has 1 atom stereocenters. The second kappa shape index (κ2) is 8.37. The molecule has 0 bridgehead atoms. The molecule has 24 heavy (non-hydrogen) atoms. The van der Waals surface area contributed by atoms with Gasteiger partial charge in [-0.25, -0.2) is 0 Å². The molecule has 1 unspecified atom stereocenters. The maximum Gasteiger partial charge on any atom is 0.230 e. The topological polar surface area (TPSA) is 73.0 Å². The van der Waals surface area contributed by atoms with Gasteiger partial charge in [0.25, 0.3) is 0 Å². The van der Waals surface area contributed by atoms with Crippen LogP contribution in [0.2, 0.25) is 0 Å². The summed E-state index contributed by atoms with van der Waals surface area (Å²) in [6.07, 6.45) is 1.62. The molecule has 0 saturated heterocycles. The van der Waals surface area contributed by atoms with Crippen molar-refractivity contribution >= 4 is 17.7 Å². The van der Waals surface area contributed by atoms with Crippen LogP contribution in [0.3, 0.4) is 0 Å². The van der Waals surface area contributed by atoms with Crippen LogP contribution >= 0.6 is 11.8 Å². The van der Waals surface area contributed by atoms with E-state index in [0.717, 1.165) is 11.7 Å². The lowest BCUT2D eigenvalue weighted by atomic mass is 10.1. The first-order valence-corrected chi connectivity index (χ1v) is 9.26. The highest BCUT2D eigenvalue weighted by molar-refractivity contribution is 7.99. The molecule has 2 aromatic heterocycles. The Balaban J connectivity index is 2.08. The molecule has 0 aliphatic carbocycles. The first-order valence-electron chi connectivity index (χ1n) is 8.27. The number of hydrogen-bond acceptors (Lipinski definition) is 5. The highest BCUT2D eigenvalue weighted by Crippen LogP contribution is 2.25. The van der Waals surface area contributed by atoms with E-state index in [2.05, 4.69) is 43.2 Å². The Morgan fingerprint density at radius 3 is 2.62 bits per heavy atom.